The second-order valence-corrected chi connectivity index (χ2v) is 7.52. The maximum absolute atomic E-state index is 13.0. The van der Waals surface area contributed by atoms with Crippen LogP contribution in [0.2, 0.25) is 0 Å². The molecule has 3 aromatic heterocycles. The number of benzene rings is 1. The van der Waals surface area contributed by atoms with Crippen molar-refractivity contribution < 1.29 is 23.4 Å². The van der Waals surface area contributed by atoms with E-state index in [0.29, 0.717) is 17.3 Å². The topological polar surface area (TPSA) is 82.2 Å². The van der Waals surface area contributed by atoms with Crippen LogP contribution in [-0.4, -0.2) is 36.8 Å². The summed E-state index contributed by atoms with van der Waals surface area (Å²) in [5.41, 5.74) is 2.06. The molecule has 3 heterocycles. The summed E-state index contributed by atoms with van der Waals surface area (Å²) in [6.45, 7) is -2.29. The van der Waals surface area contributed by atoms with Gasteiger partial charge in [0.25, 0.3) is 0 Å². The minimum absolute atomic E-state index is 0.164. The number of aromatic carboxylic acids is 1. The van der Waals surface area contributed by atoms with Gasteiger partial charge in [-0.25, -0.2) is 14.8 Å². The van der Waals surface area contributed by atoms with E-state index >= 15 is 0 Å². The van der Waals surface area contributed by atoms with Gasteiger partial charge in [0.05, 0.1) is 16.8 Å². The Morgan fingerprint density at radius 2 is 2.13 bits per heavy atom. The van der Waals surface area contributed by atoms with Gasteiger partial charge in [0.1, 0.15) is 11.2 Å². The zero-order valence-electron chi connectivity index (χ0n) is 16.0. The molecule has 7 nitrogen and oxygen atoms in total. The average Bonchev–Trinajstić information content (AvgIpc) is 3.36. The minimum Gasteiger partial charge on any atom is -0.478 e. The number of rotatable bonds is 6. The van der Waals surface area contributed by atoms with Crippen LogP contribution >= 0.6 is 0 Å². The number of carbonyl (C=O) groups is 1. The van der Waals surface area contributed by atoms with Crippen molar-refractivity contribution in [2.24, 2.45) is 13.0 Å². The summed E-state index contributed by atoms with van der Waals surface area (Å²) >= 11 is 0. The largest absolute Gasteiger partial charge is 0.478 e. The first-order chi connectivity index (χ1) is 14.4. The number of aryl methyl sites for hydroxylation is 1. The minimum atomic E-state index is -3.08. The Balaban J connectivity index is 1.75. The second-order valence-electron chi connectivity index (χ2n) is 7.52. The van der Waals surface area contributed by atoms with Crippen LogP contribution in [0.1, 0.15) is 23.2 Å². The molecule has 0 radical (unpaired) electrons. The van der Waals surface area contributed by atoms with Gasteiger partial charge < -0.3 is 19.0 Å². The molecule has 0 unspecified atom stereocenters. The molecule has 0 bridgehead atoms. The van der Waals surface area contributed by atoms with Gasteiger partial charge in [0.15, 0.2) is 11.6 Å². The number of aromatic nitrogens is 4. The van der Waals surface area contributed by atoms with E-state index in [9.17, 15) is 18.7 Å². The van der Waals surface area contributed by atoms with Crippen molar-refractivity contribution >= 4 is 28.0 Å². The van der Waals surface area contributed by atoms with Crippen LogP contribution in [0.5, 0.6) is 5.75 Å². The average molecular weight is 412 g/mol. The number of hydrogen-bond acceptors (Lipinski definition) is 4. The Morgan fingerprint density at radius 3 is 2.83 bits per heavy atom. The first-order valence-electron chi connectivity index (χ1n) is 9.55. The van der Waals surface area contributed by atoms with Crippen molar-refractivity contribution in [3.8, 4) is 17.3 Å². The van der Waals surface area contributed by atoms with Gasteiger partial charge in [-0.3, -0.25) is 0 Å². The first-order valence-corrected chi connectivity index (χ1v) is 9.55. The third-order valence-electron chi connectivity index (χ3n) is 5.42. The molecule has 1 aliphatic rings. The summed E-state index contributed by atoms with van der Waals surface area (Å²) in [4.78, 5) is 20.6. The third kappa shape index (κ3) is 3.06. The van der Waals surface area contributed by atoms with Crippen LogP contribution in [0.3, 0.4) is 0 Å². The van der Waals surface area contributed by atoms with Crippen LogP contribution < -0.4 is 4.74 Å². The van der Waals surface area contributed by atoms with Gasteiger partial charge in [-0.05, 0) is 49.1 Å². The molecule has 1 aromatic carbocycles. The fraction of sp³-hybridized carbons (Fsp3) is 0.286. The summed E-state index contributed by atoms with van der Waals surface area (Å²) in [6, 6.07) is 8.26. The highest BCUT2D eigenvalue weighted by Gasteiger charge is 2.27. The predicted octanol–water partition coefficient (Wildman–Crippen LogP) is 4.30. The number of fused-ring (bicyclic) bond motifs is 2. The van der Waals surface area contributed by atoms with Crippen LogP contribution in [-0.2, 0) is 13.6 Å². The van der Waals surface area contributed by atoms with E-state index in [1.54, 1.807) is 17.8 Å². The van der Waals surface area contributed by atoms with E-state index < -0.39 is 12.6 Å². The molecule has 9 heteroatoms. The zero-order valence-corrected chi connectivity index (χ0v) is 16.0. The van der Waals surface area contributed by atoms with Crippen molar-refractivity contribution in [3.05, 3.63) is 42.1 Å². The number of ether oxygens (including phenoxy) is 1. The van der Waals surface area contributed by atoms with Crippen LogP contribution in [0.15, 0.2) is 36.5 Å². The smallest absolute Gasteiger partial charge is 0.387 e. The van der Waals surface area contributed by atoms with E-state index in [1.165, 1.54) is 6.07 Å². The van der Waals surface area contributed by atoms with Crippen LogP contribution in [0.4, 0.5) is 8.78 Å². The third-order valence-corrected chi connectivity index (χ3v) is 5.42. The van der Waals surface area contributed by atoms with E-state index in [-0.39, 0.29) is 16.8 Å². The Kier molecular flexibility index (Phi) is 4.19. The molecule has 0 aliphatic heterocycles. The molecule has 0 spiro atoms. The monoisotopic (exact) mass is 412 g/mol. The quantitative estimate of drug-likeness (QED) is 0.511. The highest BCUT2D eigenvalue weighted by atomic mass is 19.3. The molecule has 4 aromatic rings. The Morgan fingerprint density at radius 1 is 1.33 bits per heavy atom. The van der Waals surface area contributed by atoms with E-state index in [4.69, 9.17) is 0 Å². The number of nitrogens with zero attached hydrogens (tertiary/aromatic N) is 4. The molecule has 1 N–H and O–H groups in total. The normalized spacial score (nSPS) is 14.1. The van der Waals surface area contributed by atoms with E-state index in [2.05, 4.69) is 19.3 Å². The maximum Gasteiger partial charge on any atom is 0.387 e. The molecule has 154 valence electrons. The van der Waals surface area contributed by atoms with Crippen LogP contribution in [0, 0.1) is 5.92 Å². The van der Waals surface area contributed by atoms with Crippen molar-refractivity contribution in [1.82, 2.24) is 19.1 Å². The van der Waals surface area contributed by atoms with Gasteiger partial charge in [-0.2, -0.15) is 8.78 Å². The molecule has 1 fully saturated rings. The molecule has 30 heavy (non-hydrogen) atoms. The lowest BCUT2D eigenvalue weighted by atomic mass is 10.2. The summed E-state index contributed by atoms with van der Waals surface area (Å²) in [5.74, 6) is -0.350. The predicted molar refractivity (Wildman–Crippen MR) is 106 cm³/mol. The lowest BCUT2D eigenvalue weighted by Gasteiger charge is -2.11. The molecule has 0 atom stereocenters. The molecule has 5 rings (SSSR count). The fourth-order valence-corrected chi connectivity index (χ4v) is 3.86. The standard InChI is InChI=1S/C21H18F2N4O3/c1-26-17-14(7-13(20(28)29)9-16(17)30-21(22)23)25-19(26)15-8-12-3-2-6-24-18(12)27(15)10-11-4-5-11/h2-3,6-9,11,21H,4-5,10H2,1H3,(H,28,29). The number of hydrogen-bond donors (Lipinski definition) is 1. The van der Waals surface area contributed by atoms with Gasteiger partial charge in [-0.15, -0.1) is 0 Å². The number of pyridine rings is 1. The highest BCUT2D eigenvalue weighted by Crippen LogP contribution is 2.37. The Bertz CT molecular complexity index is 1290. The fourth-order valence-electron chi connectivity index (χ4n) is 3.86. The van der Waals surface area contributed by atoms with E-state index in [0.717, 1.165) is 42.2 Å². The molecule has 0 saturated heterocycles. The van der Waals surface area contributed by atoms with Gasteiger partial charge in [0.2, 0.25) is 0 Å². The number of imidazole rings is 1. The SMILES string of the molecule is Cn1c(-c2cc3cccnc3n2CC2CC2)nc2cc(C(=O)O)cc(OC(F)F)c21. The summed E-state index contributed by atoms with van der Waals surface area (Å²) in [7, 11) is 1.70. The van der Waals surface area contributed by atoms with Gasteiger partial charge >= 0.3 is 12.6 Å². The van der Waals surface area contributed by atoms with Crippen molar-refractivity contribution in [2.75, 3.05) is 0 Å². The summed E-state index contributed by atoms with van der Waals surface area (Å²) in [5, 5.41) is 10.3. The Hall–Kier alpha value is -3.49. The molecule has 0 amide bonds. The number of halogens is 2. The summed E-state index contributed by atoms with van der Waals surface area (Å²) in [6.07, 6.45) is 4.05. The van der Waals surface area contributed by atoms with Crippen LogP contribution in [0.25, 0.3) is 33.6 Å². The molecule has 1 aliphatic carbocycles. The van der Waals surface area contributed by atoms with Crippen molar-refractivity contribution in [2.45, 2.75) is 26.0 Å². The highest BCUT2D eigenvalue weighted by molar-refractivity contribution is 5.96. The molecular formula is C21H18F2N4O3. The van der Waals surface area contributed by atoms with Crippen molar-refractivity contribution in [1.29, 1.82) is 0 Å². The number of carboxylic acid groups (broad SMARTS) is 1. The number of alkyl halides is 2. The maximum atomic E-state index is 13.0. The molecule has 1 saturated carbocycles. The van der Waals surface area contributed by atoms with Crippen molar-refractivity contribution in [3.63, 3.8) is 0 Å². The zero-order chi connectivity index (χ0) is 21.0. The van der Waals surface area contributed by atoms with Gasteiger partial charge in [0, 0.05) is 25.2 Å². The Labute approximate surface area is 169 Å². The van der Waals surface area contributed by atoms with E-state index in [1.807, 2.05) is 18.2 Å². The molecular weight excluding hydrogens is 394 g/mol. The lowest BCUT2D eigenvalue weighted by molar-refractivity contribution is -0.0490. The summed E-state index contributed by atoms with van der Waals surface area (Å²) < 4.78 is 34.4. The number of carboxylic acids is 1. The van der Waals surface area contributed by atoms with Gasteiger partial charge in [-0.1, -0.05) is 0 Å². The second kappa shape index (κ2) is 6.79. The first kappa shape index (κ1) is 18.5. The lowest BCUT2D eigenvalue weighted by Crippen LogP contribution is -2.07.